The number of aliphatic hydroxyl groups excluding tert-OH is 1. The van der Waals surface area contributed by atoms with Gasteiger partial charge in [0.15, 0.2) is 0 Å². The molecule has 5 atom stereocenters. The summed E-state index contributed by atoms with van der Waals surface area (Å²) in [5.74, 6) is 6.07. The van der Waals surface area contributed by atoms with Crippen LogP contribution in [0, 0.1) is 17.8 Å². The van der Waals surface area contributed by atoms with Gasteiger partial charge in [-0.05, 0) is 85.1 Å². The molecule has 16 heteroatoms. The summed E-state index contributed by atoms with van der Waals surface area (Å²) in [5.41, 5.74) is 4.54. The summed E-state index contributed by atoms with van der Waals surface area (Å²) in [4.78, 5) is 33.2. The Labute approximate surface area is 364 Å². The second-order valence-corrected chi connectivity index (χ2v) is 17.9. The predicted molar refractivity (Wildman–Crippen MR) is 239 cm³/mol. The van der Waals surface area contributed by atoms with E-state index in [2.05, 4.69) is 56.2 Å². The number of amides is 2. The average molecular weight is 878 g/mol. The average Bonchev–Trinajstić information content (AvgIpc) is 3.83. The topological polar surface area (TPSA) is 121 Å². The second kappa shape index (κ2) is 19.0. The van der Waals surface area contributed by atoms with Gasteiger partial charge in [-0.25, -0.2) is 4.39 Å². The molecule has 0 bridgehead atoms. The summed E-state index contributed by atoms with van der Waals surface area (Å²) in [7, 11) is 5.30. The van der Waals surface area contributed by atoms with Crippen LogP contribution in [-0.4, -0.2) is 119 Å². The lowest BCUT2D eigenvalue weighted by Gasteiger charge is -2.37. The van der Waals surface area contributed by atoms with E-state index in [0.29, 0.717) is 65.2 Å². The van der Waals surface area contributed by atoms with Gasteiger partial charge in [0, 0.05) is 56.2 Å². The van der Waals surface area contributed by atoms with Crippen molar-refractivity contribution in [3.05, 3.63) is 76.2 Å². The molecule has 3 aliphatic heterocycles. The van der Waals surface area contributed by atoms with Crippen molar-refractivity contribution in [2.24, 2.45) is 5.92 Å². The Balaban J connectivity index is 1.03. The third-order valence-electron chi connectivity index (χ3n) is 12.0. The minimum atomic E-state index is -4.46. The maximum absolute atomic E-state index is 14.9. The van der Waals surface area contributed by atoms with E-state index in [-0.39, 0.29) is 60.0 Å². The monoisotopic (exact) mass is 877 g/mol. The lowest BCUT2D eigenvalue weighted by Crippen LogP contribution is -2.54. The fourth-order valence-corrected chi connectivity index (χ4v) is 10.0. The smallest absolute Gasteiger partial charge is 0.393 e. The summed E-state index contributed by atoms with van der Waals surface area (Å²) in [6.45, 7) is 6.21. The summed E-state index contributed by atoms with van der Waals surface area (Å²) >= 11 is 1.16. The van der Waals surface area contributed by atoms with Gasteiger partial charge >= 0.3 is 6.18 Å². The summed E-state index contributed by atoms with van der Waals surface area (Å²) in [6, 6.07) is 15.0. The molecular weight excluding hydrogens is 823 g/mol. The number of likely N-dealkylation sites (N-methyl/N-ethyl adjacent to an activating group) is 1. The maximum atomic E-state index is 14.9. The first kappa shape index (κ1) is 44.8. The maximum Gasteiger partial charge on any atom is 0.393 e. The molecule has 2 fully saturated rings. The number of methoxy groups -OCH3 is 1. The molecule has 332 valence electrons. The minimum absolute atomic E-state index is 0.0360. The molecule has 4 heterocycles. The summed E-state index contributed by atoms with van der Waals surface area (Å²) in [5, 5.41) is 23.0. The molecule has 62 heavy (non-hydrogen) atoms. The number of anilines is 4. The molecule has 0 unspecified atom stereocenters. The Morgan fingerprint density at radius 1 is 1.06 bits per heavy atom. The van der Waals surface area contributed by atoms with Crippen LogP contribution in [0.5, 0.6) is 5.75 Å². The van der Waals surface area contributed by atoms with Crippen molar-refractivity contribution in [2.45, 2.75) is 76.0 Å². The number of nitrogens with zero attached hydrogens (tertiary/aromatic N) is 3. The first-order chi connectivity index (χ1) is 29.6. The number of piperidine rings is 1. The Hall–Kier alpha value is -5.24. The number of halogens is 4. The lowest BCUT2D eigenvalue weighted by atomic mass is 9.95. The molecule has 5 N–H and O–H groups in total. The highest BCUT2D eigenvalue weighted by Crippen LogP contribution is 2.40. The highest BCUT2D eigenvalue weighted by molar-refractivity contribution is 7.20. The first-order valence-corrected chi connectivity index (χ1v) is 21.9. The fourth-order valence-electron chi connectivity index (χ4n) is 8.85. The molecular formula is C46H55F4N7O4S. The number of carbonyl (C=O) groups is 2. The normalized spacial score (nSPS) is 22.0. The van der Waals surface area contributed by atoms with Crippen molar-refractivity contribution >= 4 is 56.0 Å². The summed E-state index contributed by atoms with van der Waals surface area (Å²) in [6.07, 6.45) is -4.92. The van der Waals surface area contributed by atoms with Crippen molar-refractivity contribution in [1.82, 2.24) is 15.5 Å². The molecule has 0 spiro atoms. The highest BCUT2D eigenvalue weighted by atomic mass is 32.1. The van der Waals surface area contributed by atoms with E-state index >= 15 is 0 Å². The Morgan fingerprint density at radius 3 is 2.60 bits per heavy atom. The Kier molecular flexibility index (Phi) is 13.7. The molecule has 1 aromatic heterocycles. The van der Waals surface area contributed by atoms with Gasteiger partial charge in [-0.1, -0.05) is 43.9 Å². The standard InChI is InChI=1S/C46H55F4N7O4S/c1-27(2)42-45(60)53-31(26-58)20-28-11-13-32(22-39(28)56(42)4)57-19-15-30(24-57)52-44(59)29-12-14-40(61-5)38(21-29)51-17-7-10-41-34(23-46(48,49)50)33-8-6-9-37(43(33)62-41)54-36-16-18-55(3)25-35(36)47/h6,8-9,11-14,21-22,27,30-31,35-36,42,51,54,58H,15-20,23-26H2,1-5H3,(H,52,59)(H,53,60)/t30-,31+,35+,36-,42+/m1/s1. The van der Waals surface area contributed by atoms with Crippen LogP contribution in [0.3, 0.4) is 0 Å². The molecule has 2 saturated heterocycles. The van der Waals surface area contributed by atoms with Gasteiger partial charge in [0.2, 0.25) is 5.91 Å². The van der Waals surface area contributed by atoms with Crippen molar-refractivity contribution in [3.8, 4) is 17.6 Å². The number of rotatable bonds is 11. The molecule has 2 amide bonds. The summed E-state index contributed by atoms with van der Waals surface area (Å²) < 4.78 is 62.7. The SMILES string of the molecule is COc1ccc(C(=O)N[C@@H]2CCN(c3ccc4c(c3)N(C)[C@@H](C(C)C)C(=O)N[C@H](CO)C4)C2)cc1NCC#Cc1sc2c(N[C@@H]3CCN(C)C[C@@H]3F)cccc2c1CC(F)(F)F. The number of likely N-dealkylation sites (tertiary alicyclic amines) is 1. The van der Waals surface area contributed by atoms with Crippen LogP contribution in [0.4, 0.5) is 40.3 Å². The van der Waals surface area contributed by atoms with Gasteiger partial charge in [-0.15, -0.1) is 11.3 Å². The van der Waals surface area contributed by atoms with Crippen LogP contribution < -0.4 is 35.8 Å². The van der Waals surface area contributed by atoms with Gasteiger partial charge in [0.05, 0.1) is 59.7 Å². The number of benzene rings is 3. The van der Waals surface area contributed by atoms with Gasteiger partial charge in [0.1, 0.15) is 18.0 Å². The third kappa shape index (κ3) is 10.2. The number of carbonyl (C=O) groups excluding carboxylic acids is 2. The number of ether oxygens (including phenoxy) is 1. The van der Waals surface area contributed by atoms with E-state index in [0.717, 1.165) is 34.7 Å². The van der Waals surface area contributed by atoms with Crippen molar-refractivity contribution in [3.63, 3.8) is 0 Å². The van der Waals surface area contributed by atoms with Crippen LogP contribution in [-0.2, 0) is 17.6 Å². The molecule has 3 aromatic carbocycles. The molecule has 11 nitrogen and oxygen atoms in total. The zero-order chi connectivity index (χ0) is 44.3. The molecule has 3 aliphatic rings. The van der Waals surface area contributed by atoms with E-state index in [1.165, 1.54) is 7.11 Å². The number of fused-ring (bicyclic) bond motifs is 2. The van der Waals surface area contributed by atoms with Crippen molar-refractivity contribution in [1.29, 1.82) is 0 Å². The van der Waals surface area contributed by atoms with E-state index in [1.54, 1.807) is 36.4 Å². The van der Waals surface area contributed by atoms with Gasteiger partial charge in [-0.3, -0.25) is 9.59 Å². The number of hydrogen-bond acceptors (Lipinski definition) is 10. The fraction of sp³-hybridized carbons (Fsp3) is 0.478. The van der Waals surface area contributed by atoms with Gasteiger partial charge < -0.3 is 45.8 Å². The molecule has 0 aliphatic carbocycles. The molecule has 7 rings (SSSR count). The van der Waals surface area contributed by atoms with E-state index in [1.807, 2.05) is 37.7 Å². The zero-order valence-electron chi connectivity index (χ0n) is 35.7. The second-order valence-electron chi connectivity index (χ2n) is 16.9. The van der Waals surface area contributed by atoms with E-state index < -0.39 is 30.9 Å². The minimum Gasteiger partial charge on any atom is -0.495 e. The number of nitrogens with one attached hydrogen (secondary N) is 4. The number of hydrogen-bond donors (Lipinski definition) is 5. The van der Waals surface area contributed by atoms with Crippen LogP contribution in [0.25, 0.3) is 10.1 Å². The van der Waals surface area contributed by atoms with Crippen LogP contribution in [0.2, 0.25) is 0 Å². The van der Waals surface area contributed by atoms with Crippen LogP contribution in [0.1, 0.15) is 53.1 Å². The predicted octanol–water partition coefficient (Wildman–Crippen LogP) is 6.44. The number of alkyl halides is 4. The van der Waals surface area contributed by atoms with Crippen molar-refractivity contribution < 1.29 is 37.0 Å². The molecule has 0 saturated carbocycles. The van der Waals surface area contributed by atoms with Crippen LogP contribution >= 0.6 is 11.3 Å². The first-order valence-electron chi connectivity index (χ1n) is 21.1. The zero-order valence-corrected chi connectivity index (χ0v) is 36.5. The van der Waals surface area contributed by atoms with E-state index in [4.69, 9.17) is 4.74 Å². The number of thiophene rings is 1. The van der Waals surface area contributed by atoms with Crippen LogP contribution in [0.15, 0.2) is 54.6 Å². The quantitative estimate of drug-likeness (QED) is 0.0858. The lowest BCUT2D eigenvalue weighted by molar-refractivity contribution is -0.127. The van der Waals surface area contributed by atoms with E-state index in [9.17, 15) is 32.3 Å². The molecule has 0 radical (unpaired) electrons. The van der Waals surface area contributed by atoms with Gasteiger partial charge in [0.25, 0.3) is 5.91 Å². The Bertz CT molecular complexity index is 2330. The largest absolute Gasteiger partial charge is 0.495 e. The Morgan fingerprint density at radius 2 is 1.87 bits per heavy atom. The molecule has 4 aromatic rings. The number of aliphatic hydroxyl groups is 1. The highest BCUT2D eigenvalue weighted by Gasteiger charge is 2.35. The van der Waals surface area contributed by atoms with Gasteiger partial charge in [-0.2, -0.15) is 13.2 Å². The van der Waals surface area contributed by atoms with Crippen molar-refractivity contribution in [2.75, 3.05) is 81.0 Å². The third-order valence-corrected chi connectivity index (χ3v) is 13.2.